The van der Waals surface area contributed by atoms with Crippen molar-refractivity contribution in [2.24, 2.45) is 11.7 Å². The summed E-state index contributed by atoms with van der Waals surface area (Å²) in [5.74, 6) is 0.591. The topological polar surface area (TPSA) is 58.4 Å². The Kier molecular flexibility index (Phi) is 10.6. The summed E-state index contributed by atoms with van der Waals surface area (Å²) >= 11 is 0. The van der Waals surface area contributed by atoms with Crippen molar-refractivity contribution in [3.63, 3.8) is 0 Å². The molecule has 0 radical (unpaired) electrons. The summed E-state index contributed by atoms with van der Waals surface area (Å²) in [6.07, 6.45) is 7.96. The highest BCUT2D eigenvalue weighted by Crippen LogP contribution is 2.26. The zero-order valence-electron chi connectivity index (χ0n) is 13.1. The van der Waals surface area contributed by atoms with Crippen LogP contribution in [0.3, 0.4) is 0 Å². The first-order valence-corrected chi connectivity index (χ1v) is 7.97. The van der Waals surface area contributed by atoms with Crippen molar-refractivity contribution in [3.8, 4) is 0 Å². The van der Waals surface area contributed by atoms with E-state index in [2.05, 4.69) is 17.1 Å². The third kappa shape index (κ3) is 7.18. The van der Waals surface area contributed by atoms with Gasteiger partial charge in [-0.1, -0.05) is 19.8 Å². The molecule has 2 aliphatic rings. The summed E-state index contributed by atoms with van der Waals surface area (Å²) in [6, 6.07) is 1.02. The summed E-state index contributed by atoms with van der Waals surface area (Å²) < 4.78 is 0. The zero-order valence-corrected chi connectivity index (χ0v) is 14.7. The van der Waals surface area contributed by atoms with Crippen LogP contribution in [0.1, 0.15) is 51.9 Å². The van der Waals surface area contributed by atoms with Crippen LogP contribution >= 0.6 is 24.8 Å². The maximum absolute atomic E-state index is 11.9. The van der Waals surface area contributed by atoms with E-state index in [1.165, 1.54) is 25.7 Å². The zero-order chi connectivity index (χ0) is 13.7. The fourth-order valence-corrected chi connectivity index (χ4v) is 3.18. The number of likely N-dealkylation sites (N-methyl/N-ethyl adjacent to an activating group) is 1. The third-order valence-electron chi connectivity index (χ3n) is 4.61. The molecule has 0 aromatic carbocycles. The lowest BCUT2D eigenvalue weighted by molar-refractivity contribution is -0.122. The minimum absolute atomic E-state index is 0. The number of rotatable bonds is 7. The van der Waals surface area contributed by atoms with Gasteiger partial charge in [-0.25, -0.2) is 0 Å². The summed E-state index contributed by atoms with van der Waals surface area (Å²) in [5, 5.41) is 3.06. The molecule has 0 heterocycles. The molecule has 6 heteroatoms. The molecule has 4 nitrogen and oxygen atoms in total. The van der Waals surface area contributed by atoms with Gasteiger partial charge in [-0.2, -0.15) is 0 Å². The summed E-state index contributed by atoms with van der Waals surface area (Å²) in [4.78, 5) is 14.4. The van der Waals surface area contributed by atoms with Crippen molar-refractivity contribution < 1.29 is 4.79 Å². The average molecular weight is 340 g/mol. The fraction of sp³-hybridized carbons (Fsp3) is 0.933. The van der Waals surface area contributed by atoms with Gasteiger partial charge in [-0.05, 0) is 38.1 Å². The Morgan fingerprint density at radius 3 is 2.43 bits per heavy atom. The monoisotopic (exact) mass is 339 g/mol. The van der Waals surface area contributed by atoms with E-state index in [-0.39, 0.29) is 36.8 Å². The van der Waals surface area contributed by atoms with Crippen LogP contribution in [0.5, 0.6) is 0 Å². The molecule has 2 fully saturated rings. The van der Waals surface area contributed by atoms with Crippen molar-refractivity contribution in [3.05, 3.63) is 0 Å². The maximum atomic E-state index is 11.9. The molecule has 0 spiro atoms. The molecule has 0 aromatic heterocycles. The Hall–Kier alpha value is -0.0300. The summed E-state index contributed by atoms with van der Waals surface area (Å²) in [6.45, 7) is 5.06. The lowest BCUT2D eigenvalue weighted by Crippen LogP contribution is -2.39. The van der Waals surface area contributed by atoms with Gasteiger partial charge < -0.3 is 11.1 Å². The van der Waals surface area contributed by atoms with Crippen LogP contribution < -0.4 is 11.1 Å². The Balaban J connectivity index is 0.00000200. The number of halogens is 2. The van der Waals surface area contributed by atoms with E-state index in [1.807, 2.05) is 0 Å². The van der Waals surface area contributed by atoms with Crippen LogP contribution in [0.15, 0.2) is 0 Å². The van der Waals surface area contributed by atoms with Gasteiger partial charge in [0.25, 0.3) is 0 Å². The molecule has 0 aromatic rings. The van der Waals surface area contributed by atoms with Gasteiger partial charge >= 0.3 is 0 Å². The first kappa shape index (κ1) is 21.0. The van der Waals surface area contributed by atoms with Crippen molar-refractivity contribution in [2.75, 3.05) is 19.6 Å². The van der Waals surface area contributed by atoms with E-state index < -0.39 is 0 Å². The van der Waals surface area contributed by atoms with Crippen LogP contribution in [0.25, 0.3) is 0 Å². The normalized spacial score (nSPS) is 24.9. The molecular weight excluding hydrogens is 309 g/mol. The molecule has 2 rings (SSSR count). The van der Waals surface area contributed by atoms with E-state index in [4.69, 9.17) is 5.73 Å². The second-order valence-corrected chi connectivity index (χ2v) is 6.12. The van der Waals surface area contributed by atoms with Gasteiger partial charge in [0.1, 0.15) is 0 Å². The highest BCUT2D eigenvalue weighted by molar-refractivity contribution is 5.85. The first-order chi connectivity index (χ1) is 9.20. The van der Waals surface area contributed by atoms with Gasteiger partial charge in [-0.3, -0.25) is 9.69 Å². The number of hydrogen-bond acceptors (Lipinski definition) is 3. The van der Waals surface area contributed by atoms with Gasteiger partial charge in [0.2, 0.25) is 5.91 Å². The molecule has 3 N–H and O–H groups in total. The number of carbonyl (C=O) groups excluding carboxylic acids is 1. The van der Waals surface area contributed by atoms with Crippen molar-refractivity contribution in [2.45, 2.75) is 64.0 Å². The van der Waals surface area contributed by atoms with Crippen molar-refractivity contribution >= 4 is 30.7 Å². The molecule has 1 amide bonds. The smallest absolute Gasteiger partial charge is 0.220 e. The Bertz CT molecular complexity index is 301. The molecule has 21 heavy (non-hydrogen) atoms. The summed E-state index contributed by atoms with van der Waals surface area (Å²) in [5.41, 5.74) is 6.09. The predicted molar refractivity (Wildman–Crippen MR) is 92.3 cm³/mol. The molecule has 0 bridgehead atoms. The number of nitrogens with one attached hydrogen (secondary N) is 1. The van der Waals surface area contributed by atoms with E-state index >= 15 is 0 Å². The number of nitrogens with two attached hydrogens (primary N) is 1. The Morgan fingerprint density at radius 1 is 1.19 bits per heavy atom. The quantitative estimate of drug-likeness (QED) is 0.748. The Labute approximate surface area is 141 Å². The van der Waals surface area contributed by atoms with Crippen molar-refractivity contribution in [1.82, 2.24) is 10.2 Å². The standard InChI is InChI=1S/C15H29N3O.2ClH/c1-2-18(13-7-8-13)10-9-17-15(19)11-12-5-3-4-6-14(12)16;;/h12-14H,2-11,16H2,1H3,(H,17,19);2*1H. The molecule has 2 atom stereocenters. The molecule has 126 valence electrons. The van der Waals surface area contributed by atoms with Gasteiger partial charge in [0, 0.05) is 31.6 Å². The molecule has 2 unspecified atom stereocenters. The number of nitrogens with zero attached hydrogens (tertiary/aromatic N) is 1. The van der Waals surface area contributed by atoms with Crippen LogP contribution in [0.4, 0.5) is 0 Å². The molecule has 0 saturated heterocycles. The molecular formula is C15H31Cl2N3O. The minimum atomic E-state index is 0. The van der Waals surface area contributed by atoms with Crippen LogP contribution in [-0.4, -0.2) is 42.5 Å². The van der Waals surface area contributed by atoms with Gasteiger partial charge in [-0.15, -0.1) is 24.8 Å². The fourth-order valence-electron chi connectivity index (χ4n) is 3.18. The largest absolute Gasteiger partial charge is 0.355 e. The molecule has 0 aliphatic heterocycles. The summed E-state index contributed by atoms with van der Waals surface area (Å²) in [7, 11) is 0. The third-order valence-corrected chi connectivity index (χ3v) is 4.61. The highest BCUT2D eigenvalue weighted by atomic mass is 35.5. The van der Waals surface area contributed by atoms with Gasteiger partial charge in [0.15, 0.2) is 0 Å². The SMILES string of the molecule is CCN(CCNC(=O)CC1CCCCC1N)C1CC1.Cl.Cl. The number of amides is 1. The van der Waals surface area contributed by atoms with Crippen LogP contribution in [-0.2, 0) is 4.79 Å². The predicted octanol–water partition coefficient (Wildman–Crippen LogP) is 2.34. The Morgan fingerprint density at radius 2 is 1.86 bits per heavy atom. The second kappa shape index (κ2) is 10.7. The number of carbonyl (C=O) groups is 1. The number of hydrogen-bond donors (Lipinski definition) is 2. The van der Waals surface area contributed by atoms with E-state index in [0.717, 1.165) is 38.5 Å². The van der Waals surface area contributed by atoms with E-state index in [9.17, 15) is 4.79 Å². The molecule has 2 saturated carbocycles. The van der Waals surface area contributed by atoms with Crippen LogP contribution in [0, 0.1) is 5.92 Å². The van der Waals surface area contributed by atoms with Crippen LogP contribution in [0.2, 0.25) is 0 Å². The highest BCUT2D eigenvalue weighted by Gasteiger charge is 2.27. The lowest BCUT2D eigenvalue weighted by Gasteiger charge is -2.28. The van der Waals surface area contributed by atoms with Crippen molar-refractivity contribution in [1.29, 1.82) is 0 Å². The van der Waals surface area contributed by atoms with Gasteiger partial charge in [0.05, 0.1) is 0 Å². The molecule has 2 aliphatic carbocycles. The van der Waals surface area contributed by atoms with E-state index in [1.54, 1.807) is 0 Å². The van der Waals surface area contributed by atoms with E-state index in [0.29, 0.717) is 12.3 Å². The average Bonchev–Trinajstić information content (AvgIpc) is 3.22. The first-order valence-electron chi connectivity index (χ1n) is 7.97. The minimum Gasteiger partial charge on any atom is -0.355 e. The lowest BCUT2D eigenvalue weighted by atomic mass is 9.83. The second-order valence-electron chi connectivity index (χ2n) is 6.12. The maximum Gasteiger partial charge on any atom is 0.220 e.